The molecule has 0 spiro atoms. The number of halogens is 1. The number of nitrogens with zero attached hydrogens (tertiary/aromatic N) is 4. The van der Waals surface area contributed by atoms with Crippen LogP contribution >= 0.6 is 34.9 Å². The van der Waals surface area contributed by atoms with Gasteiger partial charge in [0.1, 0.15) is 6.20 Å². The first-order valence-electron chi connectivity index (χ1n) is 8.52. The minimum absolute atomic E-state index is 0. The van der Waals surface area contributed by atoms with Crippen molar-refractivity contribution in [2.45, 2.75) is 11.8 Å². The molecule has 4 rings (SSSR count). The standard InChI is InChI=1S/C19H19N4OS3.ClH/c1-4-23-17(24)15(27-19(23)20-18-21(2)11-12-25-18)9-10-16-22(3)13-7-5-6-8-14(13)26-16;/h5-12H,4H2,1-3H3;1H/q+1;/p-1/b15-9-,16-10-;. The number of amidine groups is 1. The Morgan fingerprint density at radius 1 is 1.21 bits per heavy atom. The molecule has 1 aromatic carbocycles. The van der Waals surface area contributed by atoms with E-state index in [9.17, 15) is 4.79 Å². The van der Waals surface area contributed by atoms with Gasteiger partial charge in [0.15, 0.2) is 0 Å². The third kappa shape index (κ3) is 3.87. The maximum atomic E-state index is 12.8. The molecule has 2 aliphatic heterocycles. The summed E-state index contributed by atoms with van der Waals surface area (Å²) >= 11 is 4.71. The number of thiazole rings is 1. The first kappa shape index (κ1) is 21.0. The number of fused-ring (bicyclic) bond motifs is 1. The molecule has 146 valence electrons. The molecule has 0 atom stereocenters. The van der Waals surface area contributed by atoms with Gasteiger partial charge in [0.2, 0.25) is 0 Å². The lowest BCUT2D eigenvalue weighted by Gasteiger charge is -2.12. The number of hydrogen-bond donors (Lipinski definition) is 0. The number of thioether (sulfide) groups is 2. The van der Waals surface area contributed by atoms with Crippen LogP contribution in [0.15, 0.2) is 67.8 Å². The van der Waals surface area contributed by atoms with E-state index in [2.05, 4.69) is 29.1 Å². The van der Waals surface area contributed by atoms with Crippen LogP contribution in [-0.4, -0.2) is 29.6 Å². The van der Waals surface area contributed by atoms with E-state index in [1.165, 1.54) is 22.3 Å². The number of rotatable bonds is 3. The largest absolute Gasteiger partial charge is 1.00 e. The highest BCUT2D eigenvalue weighted by Crippen LogP contribution is 2.45. The van der Waals surface area contributed by atoms with Crippen LogP contribution in [0.4, 0.5) is 10.8 Å². The van der Waals surface area contributed by atoms with Gasteiger partial charge >= 0.3 is 5.13 Å². The Labute approximate surface area is 183 Å². The Morgan fingerprint density at radius 3 is 2.68 bits per heavy atom. The van der Waals surface area contributed by atoms with Gasteiger partial charge in [0, 0.05) is 23.9 Å². The Morgan fingerprint density at radius 2 is 2.00 bits per heavy atom. The third-order valence-corrected chi connectivity index (χ3v) is 7.36. The van der Waals surface area contributed by atoms with E-state index in [4.69, 9.17) is 0 Å². The van der Waals surface area contributed by atoms with Crippen LogP contribution in [0.1, 0.15) is 6.92 Å². The van der Waals surface area contributed by atoms with Crippen molar-refractivity contribution in [3.63, 3.8) is 0 Å². The van der Waals surface area contributed by atoms with Crippen LogP contribution in [0.25, 0.3) is 0 Å². The first-order valence-corrected chi connectivity index (χ1v) is 11.0. The summed E-state index contributed by atoms with van der Waals surface area (Å²) in [5.41, 5.74) is 1.19. The second kappa shape index (κ2) is 8.73. The van der Waals surface area contributed by atoms with Crippen LogP contribution in [0.5, 0.6) is 0 Å². The Bertz CT molecular complexity index is 999. The molecule has 3 heterocycles. The highest BCUT2D eigenvalue weighted by molar-refractivity contribution is 8.18. The predicted octanol–water partition coefficient (Wildman–Crippen LogP) is 1.13. The monoisotopic (exact) mass is 450 g/mol. The number of allylic oxidation sites excluding steroid dienone is 2. The Balaban J connectivity index is 0.00000225. The van der Waals surface area contributed by atoms with Crippen LogP contribution in [0.2, 0.25) is 0 Å². The number of aryl methyl sites for hydroxylation is 1. The number of benzene rings is 1. The van der Waals surface area contributed by atoms with Crippen molar-refractivity contribution in [2.75, 3.05) is 18.5 Å². The zero-order valence-electron chi connectivity index (χ0n) is 15.6. The number of hydrogen-bond acceptors (Lipinski definition) is 6. The van der Waals surface area contributed by atoms with Gasteiger partial charge in [-0.05, 0) is 48.0 Å². The van der Waals surface area contributed by atoms with Crippen molar-refractivity contribution >= 4 is 56.8 Å². The smallest absolute Gasteiger partial charge is 0.384 e. The maximum absolute atomic E-state index is 12.8. The molecule has 0 saturated carbocycles. The highest BCUT2D eigenvalue weighted by atomic mass is 35.5. The van der Waals surface area contributed by atoms with Crippen molar-refractivity contribution in [1.82, 2.24) is 4.90 Å². The highest BCUT2D eigenvalue weighted by Gasteiger charge is 2.36. The summed E-state index contributed by atoms with van der Waals surface area (Å²) in [5.74, 6) is 0.0143. The fraction of sp³-hybridized carbons (Fsp3) is 0.211. The normalized spacial score (nSPS) is 20.4. The van der Waals surface area contributed by atoms with Crippen LogP contribution in [0, 0.1) is 0 Å². The van der Waals surface area contributed by atoms with E-state index in [1.807, 2.05) is 54.4 Å². The second-order valence-corrected chi connectivity index (χ2v) is 8.95. The first-order chi connectivity index (χ1) is 13.1. The third-order valence-electron chi connectivity index (χ3n) is 4.30. The summed E-state index contributed by atoms with van der Waals surface area (Å²) in [5, 5.41) is 4.71. The van der Waals surface area contributed by atoms with Gasteiger partial charge < -0.3 is 17.3 Å². The molecule has 0 aliphatic carbocycles. The summed E-state index contributed by atoms with van der Waals surface area (Å²) in [4.78, 5) is 23.3. The summed E-state index contributed by atoms with van der Waals surface area (Å²) < 4.78 is 1.96. The van der Waals surface area contributed by atoms with E-state index in [1.54, 1.807) is 28.0 Å². The van der Waals surface area contributed by atoms with Gasteiger partial charge in [-0.2, -0.15) is 0 Å². The van der Waals surface area contributed by atoms with Crippen molar-refractivity contribution in [3.05, 3.63) is 57.9 Å². The zero-order valence-corrected chi connectivity index (χ0v) is 18.8. The summed E-state index contributed by atoms with van der Waals surface area (Å²) in [6, 6.07) is 8.31. The fourth-order valence-corrected chi connectivity index (χ4v) is 5.64. The molecule has 28 heavy (non-hydrogen) atoms. The van der Waals surface area contributed by atoms with Crippen LogP contribution in [-0.2, 0) is 11.8 Å². The molecule has 9 heteroatoms. The number of anilines is 1. The number of aromatic nitrogens is 1. The van der Waals surface area contributed by atoms with Gasteiger partial charge in [0.25, 0.3) is 11.1 Å². The lowest BCUT2D eigenvalue weighted by atomic mass is 10.3. The lowest BCUT2D eigenvalue weighted by Crippen LogP contribution is -3.00. The van der Waals surface area contributed by atoms with Gasteiger partial charge in [-0.15, -0.1) is 0 Å². The summed E-state index contributed by atoms with van der Waals surface area (Å²) in [6.07, 6.45) is 5.90. The topological polar surface area (TPSA) is 39.8 Å². The summed E-state index contributed by atoms with van der Waals surface area (Å²) in [6.45, 7) is 2.58. The molecule has 1 saturated heterocycles. The molecule has 1 fully saturated rings. The number of carbonyl (C=O) groups excluding carboxylic acids is 1. The van der Waals surface area contributed by atoms with Crippen molar-refractivity contribution < 1.29 is 21.8 Å². The molecular formula is C19H19ClN4OS3. The number of amides is 1. The van der Waals surface area contributed by atoms with Crippen molar-refractivity contribution in [1.29, 1.82) is 0 Å². The number of carbonyl (C=O) groups is 1. The Kier molecular flexibility index (Phi) is 6.54. The van der Waals surface area contributed by atoms with Gasteiger partial charge in [0.05, 0.1) is 22.7 Å². The van der Waals surface area contributed by atoms with E-state index < -0.39 is 0 Å². The van der Waals surface area contributed by atoms with Crippen molar-refractivity contribution in [2.24, 2.45) is 12.0 Å². The lowest BCUT2D eigenvalue weighted by molar-refractivity contribution is -0.653. The molecule has 1 amide bonds. The van der Waals surface area contributed by atoms with Crippen LogP contribution < -0.4 is 21.9 Å². The maximum Gasteiger partial charge on any atom is 0.384 e. The molecule has 0 bridgehead atoms. The van der Waals surface area contributed by atoms with Gasteiger partial charge in [-0.25, -0.2) is 4.57 Å². The molecule has 5 nitrogen and oxygen atoms in total. The average molecular weight is 451 g/mol. The molecule has 0 unspecified atom stereocenters. The fourth-order valence-electron chi connectivity index (χ4n) is 2.81. The summed E-state index contributed by atoms with van der Waals surface area (Å²) in [7, 11) is 4.01. The molecule has 0 N–H and O–H groups in total. The molecule has 1 aromatic heterocycles. The predicted molar refractivity (Wildman–Crippen MR) is 114 cm³/mol. The minimum Gasteiger partial charge on any atom is -1.00 e. The molecule has 2 aromatic rings. The number of likely N-dealkylation sites (N-methyl/N-ethyl adjacent to an activating group) is 1. The SMILES string of the molecule is CCN1C(=O)/C(=C/C=C2\Sc3ccccc3N2C)SC1=Nc1scc[n+]1C.[Cl-]. The van der Waals surface area contributed by atoms with Crippen LogP contribution in [0.3, 0.4) is 0 Å². The number of para-hydroxylation sites is 1. The Hall–Kier alpha value is -1.74. The average Bonchev–Trinajstić information content (AvgIpc) is 3.31. The second-order valence-electron chi connectivity index (χ2n) is 6.01. The van der Waals surface area contributed by atoms with E-state index in [0.717, 1.165) is 15.3 Å². The minimum atomic E-state index is 0. The van der Waals surface area contributed by atoms with Crippen molar-refractivity contribution in [3.8, 4) is 0 Å². The molecule has 2 aliphatic rings. The van der Waals surface area contributed by atoms with E-state index in [-0.39, 0.29) is 18.3 Å². The quantitative estimate of drug-likeness (QED) is 0.519. The zero-order chi connectivity index (χ0) is 19.0. The van der Waals surface area contributed by atoms with E-state index in [0.29, 0.717) is 11.4 Å². The van der Waals surface area contributed by atoms with Gasteiger partial charge in [-0.1, -0.05) is 35.2 Å². The van der Waals surface area contributed by atoms with E-state index >= 15 is 0 Å². The molecular weight excluding hydrogens is 432 g/mol. The molecule has 0 radical (unpaired) electrons. The van der Waals surface area contributed by atoms with Gasteiger partial charge in [-0.3, -0.25) is 9.69 Å². The number of aliphatic imine (C=N–C) groups is 1.